The lowest BCUT2D eigenvalue weighted by Crippen LogP contribution is -2.09. The topological polar surface area (TPSA) is 118 Å². The number of hydrogen-bond donors (Lipinski definition) is 2. The van der Waals surface area contributed by atoms with Crippen molar-refractivity contribution >= 4 is 20.7 Å². The van der Waals surface area contributed by atoms with E-state index in [1.165, 1.54) is 32.2 Å². The van der Waals surface area contributed by atoms with Crippen LogP contribution in [0.2, 0.25) is 0 Å². The molecular weight excluding hydrogens is 471 g/mol. The summed E-state index contributed by atoms with van der Waals surface area (Å²) in [6.07, 6.45) is 3.10. The molecule has 12 heteroatoms. The summed E-state index contributed by atoms with van der Waals surface area (Å²) in [5, 5.41) is 10.6. The number of aromatic amines is 2. The van der Waals surface area contributed by atoms with Crippen molar-refractivity contribution in [2.75, 3.05) is 0 Å². The molecule has 8 nitrogen and oxygen atoms in total. The normalized spacial score (nSPS) is 12.0. The fourth-order valence-electron chi connectivity index (χ4n) is 3.97. The Balaban J connectivity index is 1.62. The minimum Gasteiger partial charge on any atom is -0.360 e. The van der Waals surface area contributed by atoms with Crippen molar-refractivity contribution in [3.63, 3.8) is 0 Å². The van der Waals surface area contributed by atoms with E-state index in [0.717, 1.165) is 12.1 Å². The number of aromatic nitrogens is 5. The Kier molecular flexibility index (Phi) is 5.04. The van der Waals surface area contributed by atoms with Crippen molar-refractivity contribution in [3.8, 4) is 22.6 Å². The quantitative estimate of drug-likeness (QED) is 0.374. The van der Waals surface area contributed by atoms with Crippen LogP contribution in [0, 0.1) is 31.3 Å². The molecule has 0 bridgehead atoms. The van der Waals surface area contributed by atoms with E-state index >= 15 is 8.78 Å². The number of fused-ring (bicyclic) bond motifs is 1. The summed E-state index contributed by atoms with van der Waals surface area (Å²) in [5.74, 6) is -3.51. The number of imidazole rings is 1. The van der Waals surface area contributed by atoms with Crippen LogP contribution in [0.3, 0.4) is 0 Å². The fraction of sp³-hybridized carbons (Fsp3) is 0.136. The maximum Gasteiger partial charge on any atom is 0.187 e. The van der Waals surface area contributed by atoms with Gasteiger partial charge in [-0.05, 0) is 26.0 Å². The first-order valence-electron chi connectivity index (χ1n) is 9.98. The second kappa shape index (κ2) is 7.83. The van der Waals surface area contributed by atoms with E-state index in [1.807, 2.05) is 0 Å². The molecule has 0 unspecified atom stereocenters. The summed E-state index contributed by atoms with van der Waals surface area (Å²) in [4.78, 5) is 6.80. The molecule has 3 heterocycles. The Hall–Kier alpha value is -3.93. The first-order valence-corrected chi connectivity index (χ1v) is 11.6. The number of benzene rings is 2. The van der Waals surface area contributed by atoms with Gasteiger partial charge in [0.05, 0.1) is 17.0 Å². The molecule has 0 fully saturated rings. The summed E-state index contributed by atoms with van der Waals surface area (Å²) in [6, 6.07) is 4.60. The lowest BCUT2D eigenvalue weighted by molar-refractivity contribution is 0.390. The molecule has 3 aromatic heterocycles. The van der Waals surface area contributed by atoms with Crippen LogP contribution in [-0.4, -0.2) is 33.7 Å². The summed E-state index contributed by atoms with van der Waals surface area (Å²) >= 11 is 0. The Morgan fingerprint density at radius 3 is 2.53 bits per heavy atom. The summed E-state index contributed by atoms with van der Waals surface area (Å²) in [7, 11) is -4.07. The molecule has 0 atom stereocenters. The number of nitrogens with zero attached hydrogens (tertiary/aromatic N) is 3. The van der Waals surface area contributed by atoms with Gasteiger partial charge in [-0.1, -0.05) is 17.3 Å². The molecule has 34 heavy (non-hydrogen) atoms. The predicted molar refractivity (Wildman–Crippen MR) is 116 cm³/mol. The fourth-order valence-corrected chi connectivity index (χ4v) is 5.71. The molecule has 0 aliphatic carbocycles. The van der Waals surface area contributed by atoms with Crippen LogP contribution in [0.25, 0.3) is 33.5 Å². The number of H-pyrrole nitrogens is 2. The van der Waals surface area contributed by atoms with Crippen molar-refractivity contribution in [2.24, 2.45) is 0 Å². The van der Waals surface area contributed by atoms with E-state index in [4.69, 9.17) is 4.52 Å². The number of halogens is 3. The summed E-state index contributed by atoms with van der Waals surface area (Å²) in [6.45, 7) is 2.87. The van der Waals surface area contributed by atoms with Crippen molar-refractivity contribution in [2.45, 2.75) is 24.5 Å². The second-order valence-corrected chi connectivity index (χ2v) is 9.59. The minimum absolute atomic E-state index is 0.0580. The highest BCUT2D eigenvalue weighted by atomic mass is 32.2. The van der Waals surface area contributed by atoms with Gasteiger partial charge in [0, 0.05) is 28.9 Å². The smallest absolute Gasteiger partial charge is 0.187 e. The van der Waals surface area contributed by atoms with Crippen molar-refractivity contribution in [1.82, 2.24) is 25.3 Å². The maximum atomic E-state index is 15.4. The molecule has 2 N–H and O–H groups in total. The Morgan fingerprint density at radius 1 is 1.06 bits per heavy atom. The van der Waals surface area contributed by atoms with Gasteiger partial charge < -0.3 is 9.51 Å². The third-order valence-electron chi connectivity index (χ3n) is 5.46. The highest BCUT2D eigenvalue weighted by Crippen LogP contribution is 2.36. The molecule has 0 aliphatic heterocycles. The van der Waals surface area contributed by atoms with Gasteiger partial charge >= 0.3 is 0 Å². The van der Waals surface area contributed by atoms with Gasteiger partial charge in [0.15, 0.2) is 27.2 Å². The number of rotatable bonds is 5. The molecule has 0 saturated heterocycles. The Morgan fingerprint density at radius 2 is 1.85 bits per heavy atom. The molecule has 5 aromatic rings. The number of nitrogens with one attached hydrogen (secondary N) is 2. The molecule has 0 saturated carbocycles. The first-order chi connectivity index (χ1) is 16.2. The average molecular weight is 487 g/mol. The zero-order valence-corrected chi connectivity index (χ0v) is 18.6. The van der Waals surface area contributed by atoms with Gasteiger partial charge in [-0.2, -0.15) is 5.10 Å². The van der Waals surface area contributed by atoms with Gasteiger partial charge in [-0.25, -0.2) is 26.6 Å². The Labute approximate surface area is 190 Å². The van der Waals surface area contributed by atoms with E-state index in [-0.39, 0.29) is 27.4 Å². The van der Waals surface area contributed by atoms with Crippen LogP contribution in [0.5, 0.6) is 0 Å². The van der Waals surface area contributed by atoms with Gasteiger partial charge in [-0.3, -0.25) is 5.10 Å². The van der Waals surface area contributed by atoms with Crippen molar-refractivity contribution in [1.29, 1.82) is 0 Å². The number of sulfone groups is 1. The monoisotopic (exact) mass is 487 g/mol. The molecule has 5 rings (SSSR count). The molecule has 0 aliphatic rings. The zero-order valence-electron chi connectivity index (χ0n) is 17.8. The largest absolute Gasteiger partial charge is 0.360 e. The number of aryl methyl sites for hydroxylation is 2. The van der Waals surface area contributed by atoms with Gasteiger partial charge in [0.25, 0.3) is 0 Å². The standard InChI is InChI=1S/C22H16F3N5O3S/c1-10-21(11(2)33-30-10)34(31,32)9-12-3-6-15(23)16(17(12)24)13-4-5-14-19(18(13)25)28-29-20(14)22-26-7-8-27-22/h3-8H,9H2,1-2H3,(H,26,27)(H,28,29). The van der Waals surface area contributed by atoms with E-state index in [2.05, 4.69) is 25.3 Å². The average Bonchev–Trinajstić information content (AvgIpc) is 3.52. The van der Waals surface area contributed by atoms with Crippen LogP contribution in [0.1, 0.15) is 17.0 Å². The van der Waals surface area contributed by atoms with E-state index < -0.39 is 44.2 Å². The molecule has 2 aromatic carbocycles. The van der Waals surface area contributed by atoms with E-state index in [0.29, 0.717) is 16.9 Å². The Bertz CT molecular complexity index is 1640. The predicted octanol–water partition coefficient (Wildman–Crippen LogP) is 4.62. The first kappa shape index (κ1) is 21.9. The molecular formula is C22H16F3N5O3S. The van der Waals surface area contributed by atoms with E-state index in [9.17, 15) is 12.8 Å². The van der Waals surface area contributed by atoms with Crippen LogP contribution >= 0.6 is 0 Å². The zero-order chi connectivity index (χ0) is 24.2. The molecule has 0 amide bonds. The lowest BCUT2D eigenvalue weighted by atomic mass is 9.99. The van der Waals surface area contributed by atoms with Crippen molar-refractivity contribution < 1.29 is 26.1 Å². The molecule has 174 valence electrons. The van der Waals surface area contributed by atoms with Crippen LogP contribution in [0.4, 0.5) is 13.2 Å². The highest BCUT2D eigenvalue weighted by Gasteiger charge is 2.28. The summed E-state index contributed by atoms with van der Waals surface area (Å²) in [5.41, 5.74) is -1.01. The van der Waals surface area contributed by atoms with Crippen molar-refractivity contribution in [3.05, 3.63) is 71.1 Å². The van der Waals surface area contributed by atoms with Gasteiger partial charge in [-0.15, -0.1) is 0 Å². The second-order valence-electron chi connectivity index (χ2n) is 7.67. The van der Waals surface area contributed by atoms with Crippen LogP contribution < -0.4 is 0 Å². The van der Waals surface area contributed by atoms with Gasteiger partial charge in [0.1, 0.15) is 27.7 Å². The van der Waals surface area contributed by atoms with Crippen LogP contribution in [-0.2, 0) is 15.6 Å². The minimum atomic E-state index is -4.07. The van der Waals surface area contributed by atoms with E-state index in [1.54, 1.807) is 6.20 Å². The number of hydrogen-bond acceptors (Lipinski definition) is 6. The van der Waals surface area contributed by atoms with Gasteiger partial charge in [0.2, 0.25) is 0 Å². The maximum absolute atomic E-state index is 15.4. The lowest BCUT2D eigenvalue weighted by Gasteiger charge is -2.12. The summed E-state index contributed by atoms with van der Waals surface area (Å²) < 4.78 is 76.2. The SMILES string of the molecule is Cc1noc(C)c1S(=O)(=O)Cc1ccc(F)c(-c2ccc3c(-c4ncc[nH]4)[nH]nc3c2F)c1F. The highest BCUT2D eigenvalue weighted by molar-refractivity contribution is 7.90. The molecule has 0 spiro atoms. The van der Waals surface area contributed by atoms with Crippen LogP contribution in [0.15, 0.2) is 46.1 Å². The molecule has 0 radical (unpaired) electrons. The third-order valence-corrected chi connectivity index (χ3v) is 7.36. The third kappa shape index (κ3) is 3.37.